The predicted octanol–water partition coefficient (Wildman–Crippen LogP) is 4.08. The molecule has 0 N–H and O–H groups in total. The zero-order valence-corrected chi connectivity index (χ0v) is 14.6. The van der Waals surface area contributed by atoms with Gasteiger partial charge in [-0.2, -0.15) is 5.26 Å². The van der Waals surface area contributed by atoms with Crippen molar-refractivity contribution >= 4 is 23.0 Å². The first-order valence-corrected chi connectivity index (χ1v) is 8.47. The molecule has 0 spiro atoms. The van der Waals surface area contributed by atoms with Crippen LogP contribution in [0.15, 0.2) is 66.3 Å². The lowest BCUT2D eigenvalue weighted by Crippen LogP contribution is -2.41. The highest BCUT2D eigenvalue weighted by Crippen LogP contribution is 2.49. The van der Waals surface area contributed by atoms with Crippen molar-refractivity contribution in [3.63, 3.8) is 0 Å². The van der Waals surface area contributed by atoms with Crippen LogP contribution in [0, 0.1) is 16.7 Å². The summed E-state index contributed by atoms with van der Waals surface area (Å²) in [6, 6.07) is 15.9. The SMILES string of the molecule is C=C1C=C(C=O)C[C@@](C#N)(C(=O)OCC)[C@H]1c1ccc2ccccc2c1. The summed E-state index contributed by atoms with van der Waals surface area (Å²) in [5.74, 6) is -1.19. The van der Waals surface area contributed by atoms with Crippen molar-refractivity contribution in [3.05, 3.63) is 71.8 Å². The summed E-state index contributed by atoms with van der Waals surface area (Å²) in [6.07, 6.45) is 2.36. The van der Waals surface area contributed by atoms with E-state index in [9.17, 15) is 14.9 Å². The third-order valence-corrected chi connectivity index (χ3v) is 4.81. The Morgan fingerprint density at radius 1 is 1.35 bits per heavy atom. The molecule has 3 rings (SSSR count). The summed E-state index contributed by atoms with van der Waals surface area (Å²) in [5.41, 5.74) is 0.245. The van der Waals surface area contributed by atoms with E-state index >= 15 is 0 Å². The van der Waals surface area contributed by atoms with E-state index in [4.69, 9.17) is 4.74 Å². The van der Waals surface area contributed by atoms with Gasteiger partial charge in [0.1, 0.15) is 6.29 Å². The number of hydrogen-bond acceptors (Lipinski definition) is 4. The van der Waals surface area contributed by atoms with E-state index in [2.05, 4.69) is 12.6 Å². The number of nitriles is 1. The molecular weight excluding hydrogens is 326 g/mol. The summed E-state index contributed by atoms with van der Waals surface area (Å²) in [7, 11) is 0. The Balaban J connectivity index is 2.20. The van der Waals surface area contributed by atoms with Crippen LogP contribution >= 0.6 is 0 Å². The number of hydrogen-bond donors (Lipinski definition) is 0. The zero-order valence-electron chi connectivity index (χ0n) is 14.6. The zero-order chi connectivity index (χ0) is 18.7. The molecule has 2 aromatic rings. The number of rotatable bonds is 4. The van der Waals surface area contributed by atoms with Crippen LogP contribution in [0.1, 0.15) is 24.8 Å². The van der Waals surface area contributed by atoms with E-state index in [0.29, 0.717) is 17.4 Å². The quantitative estimate of drug-likeness (QED) is 0.618. The van der Waals surface area contributed by atoms with Gasteiger partial charge in [0.15, 0.2) is 5.41 Å². The highest BCUT2D eigenvalue weighted by Gasteiger charge is 2.51. The minimum atomic E-state index is -1.50. The van der Waals surface area contributed by atoms with Crippen molar-refractivity contribution in [3.8, 4) is 6.07 Å². The van der Waals surface area contributed by atoms with Gasteiger partial charge in [0.2, 0.25) is 0 Å². The molecule has 0 fully saturated rings. The Morgan fingerprint density at radius 3 is 2.73 bits per heavy atom. The average molecular weight is 345 g/mol. The normalized spacial score (nSPS) is 22.4. The fourth-order valence-corrected chi connectivity index (χ4v) is 3.67. The maximum atomic E-state index is 12.8. The van der Waals surface area contributed by atoms with E-state index in [1.165, 1.54) is 0 Å². The molecule has 0 aromatic heterocycles. The van der Waals surface area contributed by atoms with E-state index in [0.717, 1.165) is 16.3 Å². The Bertz CT molecular complexity index is 967. The molecular formula is C22H19NO3. The van der Waals surface area contributed by atoms with Crippen molar-refractivity contribution in [2.45, 2.75) is 19.3 Å². The average Bonchev–Trinajstić information content (AvgIpc) is 2.66. The van der Waals surface area contributed by atoms with Crippen LogP contribution in [0.3, 0.4) is 0 Å². The van der Waals surface area contributed by atoms with Crippen molar-refractivity contribution in [2.75, 3.05) is 6.61 Å². The van der Waals surface area contributed by atoms with Crippen molar-refractivity contribution in [2.24, 2.45) is 5.41 Å². The summed E-state index contributed by atoms with van der Waals surface area (Å²) in [6.45, 7) is 5.90. The van der Waals surface area contributed by atoms with Gasteiger partial charge in [-0.3, -0.25) is 9.59 Å². The molecule has 0 radical (unpaired) electrons. The standard InChI is InChI=1S/C22H19NO3/c1-3-26-21(25)22(14-23)12-16(13-24)10-15(2)20(22)19-9-8-17-6-4-5-7-18(17)11-19/h4-11,13,20H,2-3,12H2,1H3/t20-,22+/m1/s1. The van der Waals surface area contributed by atoms with Crippen molar-refractivity contribution in [1.82, 2.24) is 0 Å². The summed E-state index contributed by atoms with van der Waals surface area (Å²) < 4.78 is 5.21. The molecule has 0 aliphatic heterocycles. The predicted molar refractivity (Wildman–Crippen MR) is 99.3 cm³/mol. The second-order valence-corrected chi connectivity index (χ2v) is 6.43. The first-order valence-electron chi connectivity index (χ1n) is 8.47. The van der Waals surface area contributed by atoms with Gasteiger partial charge in [-0.25, -0.2) is 0 Å². The molecule has 0 saturated heterocycles. The fraction of sp³-hybridized carbons (Fsp3) is 0.227. The molecule has 26 heavy (non-hydrogen) atoms. The Labute approximate surface area is 152 Å². The smallest absolute Gasteiger partial charge is 0.327 e. The lowest BCUT2D eigenvalue weighted by molar-refractivity contribution is -0.152. The van der Waals surface area contributed by atoms with Crippen molar-refractivity contribution < 1.29 is 14.3 Å². The lowest BCUT2D eigenvalue weighted by Gasteiger charge is -2.37. The number of allylic oxidation sites excluding steroid dienone is 3. The lowest BCUT2D eigenvalue weighted by atomic mass is 9.63. The second kappa shape index (κ2) is 6.97. The molecule has 0 saturated carbocycles. The van der Waals surface area contributed by atoms with Gasteiger partial charge in [0.05, 0.1) is 12.7 Å². The number of ether oxygens (including phenoxy) is 1. The number of fused-ring (bicyclic) bond motifs is 1. The monoisotopic (exact) mass is 345 g/mol. The van der Waals surface area contributed by atoms with Crippen LogP contribution in [0.5, 0.6) is 0 Å². The second-order valence-electron chi connectivity index (χ2n) is 6.43. The van der Waals surface area contributed by atoms with Crippen LogP contribution in [0.25, 0.3) is 10.8 Å². The molecule has 0 bridgehead atoms. The van der Waals surface area contributed by atoms with Crippen LogP contribution in [-0.4, -0.2) is 18.9 Å². The van der Waals surface area contributed by atoms with Crippen molar-refractivity contribution in [1.29, 1.82) is 5.26 Å². The Hall–Kier alpha value is -3.19. The van der Waals surface area contributed by atoms with Crippen LogP contribution < -0.4 is 0 Å². The van der Waals surface area contributed by atoms with Crippen LogP contribution in [0.4, 0.5) is 0 Å². The maximum absolute atomic E-state index is 12.8. The van der Waals surface area contributed by atoms with Gasteiger partial charge in [0.25, 0.3) is 0 Å². The number of nitrogens with zero attached hydrogens (tertiary/aromatic N) is 1. The molecule has 0 heterocycles. The fourth-order valence-electron chi connectivity index (χ4n) is 3.67. The first kappa shape index (κ1) is 17.6. The molecule has 1 aliphatic rings. The molecule has 2 atom stereocenters. The summed E-state index contributed by atoms with van der Waals surface area (Å²) in [5, 5.41) is 12.1. The molecule has 0 amide bonds. The minimum absolute atomic E-state index is 0.0162. The summed E-state index contributed by atoms with van der Waals surface area (Å²) >= 11 is 0. The third kappa shape index (κ3) is 2.82. The van der Waals surface area contributed by atoms with Gasteiger partial charge in [-0.05, 0) is 34.4 Å². The maximum Gasteiger partial charge on any atom is 0.327 e. The van der Waals surface area contributed by atoms with E-state index in [1.54, 1.807) is 13.0 Å². The largest absolute Gasteiger partial charge is 0.465 e. The van der Waals surface area contributed by atoms with Gasteiger partial charge >= 0.3 is 5.97 Å². The molecule has 4 heteroatoms. The number of carbonyl (C=O) groups excluding carboxylic acids is 2. The van der Waals surface area contributed by atoms with Gasteiger partial charge < -0.3 is 4.74 Å². The highest BCUT2D eigenvalue weighted by molar-refractivity contribution is 5.89. The van der Waals surface area contributed by atoms with E-state index in [1.807, 2.05) is 42.5 Å². The molecule has 130 valence electrons. The number of carbonyl (C=O) groups is 2. The number of aldehydes is 1. The topological polar surface area (TPSA) is 67.2 Å². The number of benzene rings is 2. The van der Waals surface area contributed by atoms with Crippen LogP contribution in [-0.2, 0) is 14.3 Å². The Kier molecular flexibility index (Phi) is 4.73. The molecule has 2 aromatic carbocycles. The van der Waals surface area contributed by atoms with Gasteiger partial charge in [-0.15, -0.1) is 0 Å². The molecule has 0 unspecified atom stereocenters. The summed E-state index contributed by atoms with van der Waals surface area (Å²) in [4.78, 5) is 24.1. The third-order valence-electron chi connectivity index (χ3n) is 4.81. The highest BCUT2D eigenvalue weighted by atomic mass is 16.5. The van der Waals surface area contributed by atoms with Gasteiger partial charge in [0, 0.05) is 12.3 Å². The minimum Gasteiger partial charge on any atom is -0.465 e. The van der Waals surface area contributed by atoms with E-state index < -0.39 is 17.3 Å². The number of esters is 1. The van der Waals surface area contributed by atoms with E-state index in [-0.39, 0.29) is 13.0 Å². The Morgan fingerprint density at radius 2 is 2.08 bits per heavy atom. The molecule has 4 nitrogen and oxygen atoms in total. The molecule has 1 aliphatic carbocycles. The van der Waals surface area contributed by atoms with Gasteiger partial charge in [-0.1, -0.05) is 55.1 Å². The van der Waals surface area contributed by atoms with Crippen LogP contribution in [0.2, 0.25) is 0 Å². The first-order chi connectivity index (χ1) is 12.6.